The zero-order valence-corrected chi connectivity index (χ0v) is 13.8. The molecule has 0 radical (unpaired) electrons. The van der Waals surface area contributed by atoms with Crippen molar-refractivity contribution in [1.82, 2.24) is 0 Å². The number of hydrogen-bond donors (Lipinski definition) is 0. The van der Waals surface area contributed by atoms with Gasteiger partial charge in [0.2, 0.25) is 0 Å². The summed E-state index contributed by atoms with van der Waals surface area (Å²) >= 11 is 0. The van der Waals surface area contributed by atoms with Gasteiger partial charge in [0, 0.05) is 17.5 Å². The maximum atomic E-state index is 12.2. The van der Waals surface area contributed by atoms with Gasteiger partial charge in [0.05, 0.1) is 12.8 Å². The van der Waals surface area contributed by atoms with Crippen molar-refractivity contribution >= 4 is 11.7 Å². The fraction of sp³-hybridized carbons (Fsp3) is 0.143. The summed E-state index contributed by atoms with van der Waals surface area (Å²) < 4.78 is 4.91. The first kappa shape index (κ1) is 17.4. The van der Waals surface area contributed by atoms with Gasteiger partial charge in [-0.1, -0.05) is 85.5 Å². The molecule has 2 aromatic rings. The van der Waals surface area contributed by atoms with Crippen molar-refractivity contribution in [2.75, 3.05) is 7.11 Å². The molecule has 0 heterocycles. The Kier molecular flexibility index (Phi) is 6.26. The Hall–Kier alpha value is -2.94. The van der Waals surface area contributed by atoms with Crippen LogP contribution >= 0.6 is 0 Å². The topological polar surface area (TPSA) is 38.7 Å². The van der Waals surface area contributed by atoms with Gasteiger partial charge in [-0.2, -0.15) is 0 Å². The predicted octanol–water partition coefficient (Wildman–Crippen LogP) is 4.20. The lowest BCUT2D eigenvalue weighted by molar-refractivity contribution is -0.142. The molecule has 0 saturated carbocycles. The highest BCUT2D eigenvalue weighted by molar-refractivity contribution is 6.13. The third-order valence-corrected chi connectivity index (χ3v) is 3.60. The van der Waals surface area contributed by atoms with E-state index in [1.165, 1.54) is 7.11 Å². The number of hydrogen-bond acceptors (Lipinski definition) is 3. The van der Waals surface area contributed by atoms with Crippen LogP contribution in [0.25, 0.3) is 0 Å². The molecular formula is C21H21NO2. The maximum Gasteiger partial charge on any atom is 0.330 e. The van der Waals surface area contributed by atoms with Crippen LogP contribution in [0.1, 0.15) is 17.5 Å². The monoisotopic (exact) mass is 319 g/mol. The molecule has 0 aliphatic carbocycles. The van der Waals surface area contributed by atoms with E-state index in [9.17, 15) is 4.79 Å². The van der Waals surface area contributed by atoms with Gasteiger partial charge in [-0.15, -0.1) is 0 Å². The minimum Gasteiger partial charge on any atom is -0.467 e. The smallest absolute Gasteiger partial charge is 0.330 e. The summed E-state index contributed by atoms with van der Waals surface area (Å²) in [6.45, 7) is 7.58. The Bertz CT molecular complexity index is 691. The molecule has 0 saturated heterocycles. The number of esters is 1. The molecule has 1 unspecified atom stereocenters. The van der Waals surface area contributed by atoms with Gasteiger partial charge < -0.3 is 4.74 Å². The minimum absolute atomic E-state index is 0.374. The van der Waals surface area contributed by atoms with Crippen LogP contribution in [0.3, 0.4) is 0 Å². The first-order valence-corrected chi connectivity index (χ1v) is 7.72. The summed E-state index contributed by atoms with van der Waals surface area (Å²) in [6, 6.07) is 18.9. The number of methoxy groups -OCH3 is 1. The zero-order valence-electron chi connectivity index (χ0n) is 13.8. The van der Waals surface area contributed by atoms with Crippen molar-refractivity contribution in [3.8, 4) is 0 Å². The molecule has 1 atom stereocenters. The van der Waals surface area contributed by atoms with Gasteiger partial charge in [-0.3, -0.25) is 4.99 Å². The molecule has 0 fully saturated rings. The van der Waals surface area contributed by atoms with Crippen LogP contribution in [0.4, 0.5) is 0 Å². The summed E-state index contributed by atoms with van der Waals surface area (Å²) in [6.07, 6.45) is 2.01. The van der Waals surface area contributed by atoms with Crippen molar-refractivity contribution in [2.24, 2.45) is 4.99 Å². The van der Waals surface area contributed by atoms with E-state index in [-0.39, 0.29) is 5.97 Å². The molecular weight excluding hydrogens is 298 g/mol. The highest BCUT2D eigenvalue weighted by atomic mass is 16.5. The van der Waals surface area contributed by atoms with E-state index < -0.39 is 6.04 Å². The Morgan fingerprint density at radius 2 is 1.58 bits per heavy atom. The molecule has 2 rings (SSSR count). The fourth-order valence-electron chi connectivity index (χ4n) is 2.31. The van der Waals surface area contributed by atoms with Crippen molar-refractivity contribution in [3.63, 3.8) is 0 Å². The van der Waals surface area contributed by atoms with Gasteiger partial charge in [-0.25, -0.2) is 4.79 Å². The number of nitrogens with zero attached hydrogens (tertiary/aromatic N) is 1. The van der Waals surface area contributed by atoms with E-state index in [1.807, 2.05) is 60.7 Å². The minimum atomic E-state index is -0.657. The number of allylic oxidation sites excluding steroid dienone is 1. The van der Waals surface area contributed by atoms with E-state index in [2.05, 4.69) is 13.2 Å². The van der Waals surface area contributed by atoms with Gasteiger partial charge >= 0.3 is 5.97 Å². The number of rotatable bonds is 7. The van der Waals surface area contributed by atoms with Crippen LogP contribution in [0.5, 0.6) is 0 Å². The second kappa shape index (κ2) is 8.63. The Labute approximate surface area is 143 Å². The van der Waals surface area contributed by atoms with Crippen LogP contribution in [0.15, 0.2) is 90.5 Å². The van der Waals surface area contributed by atoms with Crippen LogP contribution < -0.4 is 0 Å². The van der Waals surface area contributed by atoms with Gasteiger partial charge in [0.25, 0.3) is 0 Å². The summed E-state index contributed by atoms with van der Waals surface area (Å²) in [5.74, 6) is -0.387. The standard InChI is InChI=1S/C21H21NO2/c1-4-16(2)15-19(21(23)24-3)22-20(17-11-7-5-8-12-17)18-13-9-6-10-14-18/h4-14,19H,1-2,15H2,3H3. The molecule has 0 spiro atoms. The molecule has 122 valence electrons. The van der Waals surface area contributed by atoms with E-state index in [0.717, 1.165) is 22.4 Å². The summed E-state index contributed by atoms with van der Waals surface area (Å²) in [5.41, 5.74) is 3.39. The third-order valence-electron chi connectivity index (χ3n) is 3.60. The average Bonchev–Trinajstić information content (AvgIpc) is 2.65. The second-order valence-corrected chi connectivity index (χ2v) is 5.32. The molecule has 3 nitrogen and oxygen atoms in total. The molecule has 3 heteroatoms. The third kappa shape index (κ3) is 4.53. The second-order valence-electron chi connectivity index (χ2n) is 5.32. The number of benzene rings is 2. The molecule has 0 aliphatic rings. The van der Waals surface area contributed by atoms with Crippen LogP contribution in [-0.2, 0) is 9.53 Å². The molecule has 0 bridgehead atoms. The highest BCUT2D eigenvalue weighted by Crippen LogP contribution is 2.16. The molecule has 0 aliphatic heterocycles. The quantitative estimate of drug-likeness (QED) is 0.436. The van der Waals surface area contributed by atoms with Crippen LogP contribution in [0.2, 0.25) is 0 Å². The van der Waals surface area contributed by atoms with Crippen molar-refractivity contribution in [3.05, 3.63) is 96.6 Å². The fourth-order valence-corrected chi connectivity index (χ4v) is 2.31. The van der Waals surface area contributed by atoms with Gasteiger partial charge in [0.15, 0.2) is 6.04 Å². The SMILES string of the molecule is C=CC(=C)CC(N=C(c1ccccc1)c1ccccc1)C(=O)OC. The van der Waals surface area contributed by atoms with Gasteiger partial charge in [0.1, 0.15) is 0 Å². The van der Waals surface area contributed by atoms with Crippen molar-refractivity contribution < 1.29 is 9.53 Å². The van der Waals surface area contributed by atoms with E-state index in [1.54, 1.807) is 6.08 Å². The van der Waals surface area contributed by atoms with Crippen molar-refractivity contribution in [1.29, 1.82) is 0 Å². The summed E-state index contributed by atoms with van der Waals surface area (Å²) in [7, 11) is 1.37. The normalized spacial score (nSPS) is 11.2. The van der Waals surface area contributed by atoms with Crippen LogP contribution in [-0.4, -0.2) is 24.8 Å². The predicted molar refractivity (Wildman–Crippen MR) is 98.3 cm³/mol. The summed E-state index contributed by atoms with van der Waals surface area (Å²) in [4.78, 5) is 16.9. The zero-order chi connectivity index (χ0) is 17.4. The molecule has 0 N–H and O–H groups in total. The Morgan fingerprint density at radius 1 is 1.08 bits per heavy atom. The molecule has 24 heavy (non-hydrogen) atoms. The highest BCUT2D eigenvalue weighted by Gasteiger charge is 2.20. The van der Waals surface area contributed by atoms with E-state index in [4.69, 9.17) is 9.73 Å². The van der Waals surface area contributed by atoms with Crippen LogP contribution in [0, 0.1) is 0 Å². The lowest BCUT2D eigenvalue weighted by Crippen LogP contribution is -2.23. The molecule has 0 aromatic heterocycles. The van der Waals surface area contributed by atoms with E-state index in [0.29, 0.717) is 6.42 Å². The average molecular weight is 319 g/mol. The Balaban J connectivity index is 2.50. The maximum absolute atomic E-state index is 12.2. The first-order valence-electron chi connectivity index (χ1n) is 7.72. The number of ether oxygens (including phenoxy) is 1. The first-order chi connectivity index (χ1) is 11.7. The number of carbonyl (C=O) groups excluding carboxylic acids is 1. The lowest BCUT2D eigenvalue weighted by atomic mass is 10.0. The summed E-state index contributed by atoms with van der Waals surface area (Å²) in [5, 5.41) is 0. The number of carbonyl (C=O) groups is 1. The number of aliphatic imine (C=N–C) groups is 1. The largest absolute Gasteiger partial charge is 0.467 e. The van der Waals surface area contributed by atoms with Gasteiger partial charge in [-0.05, 0) is 0 Å². The lowest BCUT2D eigenvalue weighted by Gasteiger charge is -2.14. The molecule has 0 amide bonds. The van der Waals surface area contributed by atoms with E-state index >= 15 is 0 Å². The molecule has 2 aromatic carbocycles. The Morgan fingerprint density at radius 3 is 2.00 bits per heavy atom. The van der Waals surface area contributed by atoms with Crippen molar-refractivity contribution in [2.45, 2.75) is 12.5 Å².